The molecule has 1 amide bonds. The van der Waals surface area contributed by atoms with Crippen LogP contribution >= 0.6 is 0 Å². The monoisotopic (exact) mass is 404 g/mol. The summed E-state index contributed by atoms with van der Waals surface area (Å²) in [5.74, 6) is 0.114. The zero-order chi connectivity index (χ0) is 20.5. The third kappa shape index (κ3) is 4.35. The van der Waals surface area contributed by atoms with Crippen molar-refractivity contribution in [2.24, 2.45) is 5.92 Å². The quantitative estimate of drug-likeness (QED) is 0.782. The summed E-state index contributed by atoms with van der Waals surface area (Å²) >= 11 is 0. The largest absolute Gasteiger partial charge is 0.312 e. The molecule has 0 radical (unpaired) electrons. The Balaban J connectivity index is 1.86. The predicted octanol–water partition coefficient (Wildman–Crippen LogP) is 4.26. The summed E-state index contributed by atoms with van der Waals surface area (Å²) in [5.41, 5.74) is 2.56. The van der Waals surface area contributed by atoms with Crippen LogP contribution in [0, 0.1) is 18.7 Å². The summed E-state index contributed by atoms with van der Waals surface area (Å²) in [4.78, 5) is 14.2. The van der Waals surface area contributed by atoms with Gasteiger partial charge in [0.2, 0.25) is 5.91 Å². The van der Waals surface area contributed by atoms with E-state index in [0.29, 0.717) is 36.6 Å². The van der Waals surface area contributed by atoms with Gasteiger partial charge < -0.3 is 4.90 Å². The van der Waals surface area contributed by atoms with Gasteiger partial charge in [-0.3, -0.25) is 9.52 Å². The van der Waals surface area contributed by atoms with Gasteiger partial charge in [-0.25, -0.2) is 12.8 Å². The Labute approximate surface area is 165 Å². The lowest BCUT2D eigenvalue weighted by Gasteiger charge is -2.30. The van der Waals surface area contributed by atoms with Crippen molar-refractivity contribution in [2.75, 3.05) is 16.2 Å². The Hall–Kier alpha value is -2.41. The molecular weight excluding hydrogens is 379 g/mol. The first-order valence-corrected chi connectivity index (χ1v) is 10.9. The highest BCUT2D eigenvalue weighted by Crippen LogP contribution is 2.32. The Morgan fingerprint density at radius 3 is 2.57 bits per heavy atom. The molecule has 0 aromatic heterocycles. The van der Waals surface area contributed by atoms with Crippen molar-refractivity contribution in [2.45, 2.75) is 44.9 Å². The molecule has 0 bridgehead atoms. The fraction of sp³-hybridized carbons (Fsp3) is 0.381. The van der Waals surface area contributed by atoms with E-state index in [1.54, 1.807) is 30.0 Å². The minimum Gasteiger partial charge on any atom is -0.312 e. The molecule has 28 heavy (non-hydrogen) atoms. The highest BCUT2D eigenvalue weighted by molar-refractivity contribution is 7.92. The number of benzene rings is 2. The number of nitrogens with one attached hydrogen (secondary N) is 1. The molecule has 1 heterocycles. The van der Waals surface area contributed by atoms with Crippen LogP contribution in [0.25, 0.3) is 0 Å². The fourth-order valence-corrected chi connectivity index (χ4v) is 4.66. The van der Waals surface area contributed by atoms with Gasteiger partial charge in [0.05, 0.1) is 4.90 Å². The van der Waals surface area contributed by atoms with Crippen LogP contribution in [0.2, 0.25) is 0 Å². The first-order valence-electron chi connectivity index (χ1n) is 9.39. The topological polar surface area (TPSA) is 66.5 Å². The lowest BCUT2D eigenvalue weighted by Crippen LogP contribution is -2.36. The van der Waals surface area contributed by atoms with Gasteiger partial charge in [-0.1, -0.05) is 13.8 Å². The molecular formula is C21H25FN2O3S. The second-order valence-corrected chi connectivity index (χ2v) is 9.24. The summed E-state index contributed by atoms with van der Waals surface area (Å²) in [5, 5.41) is 0. The lowest BCUT2D eigenvalue weighted by molar-refractivity contribution is -0.118. The minimum atomic E-state index is -3.83. The molecule has 0 unspecified atom stereocenters. The van der Waals surface area contributed by atoms with Crippen LogP contribution in [0.15, 0.2) is 41.3 Å². The van der Waals surface area contributed by atoms with E-state index in [1.165, 1.54) is 12.1 Å². The molecule has 0 spiro atoms. The van der Waals surface area contributed by atoms with Gasteiger partial charge in [0.1, 0.15) is 5.82 Å². The molecule has 0 saturated carbocycles. The van der Waals surface area contributed by atoms with Gasteiger partial charge >= 0.3 is 0 Å². The van der Waals surface area contributed by atoms with Crippen LogP contribution in [-0.4, -0.2) is 20.9 Å². The fourth-order valence-electron chi connectivity index (χ4n) is 3.38. The highest BCUT2D eigenvalue weighted by atomic mass is 32.2. The number of hydrogen-bond acceptors (Lipinski definition) is 3. The van der Waals surface area contributed by atoms with Gasteiger partial charge in [0.15, 0.2) is 0 Å². The van der Waals surface area contributed by atoms with Gasteiger partial charge in [0, 0.05) is 24.3 Å². The molecule has 150 valence electrons. The van der Waals surface area contributed by atoms with Crippen LogP contribution in [0.4, 0.5) is 15.8 Å². The molecule has 2 aromatic rings. The Bertz CT molecular complexity index is 1000. The van der Waals surface area contributed by atoms with Crippen LogP contribution < -0.4 is 9.62 Å². The second kappa shape index (κ2) is 7.91. The first-order chi connectivity index (χ1) is 13.2. The molecule has 0 atom stereocenters. The average molecular weight is 405 g/mol. The summed E-state index contributed by atoms with van der Waals surface area (Å²) < 4.78 is 41.2. The molecule has 0 fully saturated rings. The molecule has 0 saturated heterocycles. The number of aryl methyl sites for hydroxylation is 2. The Morgan fingerprint density at radius 2 is 1.89 bits per heavy atom. The maximum absolute atomic E-state index is 13.3. The number of rotatable bonds is 6. The van der Waals surface area contributed by atoms with Crippen molar-refractivity contribution in [1.82, 2.24) is 0 Å². The Morgan fingerprint density at radius 1 is 1.14 bits per heavy atom. The molecule has 2 aromatic carbocycles. The zero-order valence-corrected chi connectivity index (χ0v) is 17.1. The van der Waals surface area contributed by atoms with E-state index in [-0.39, 0.29) is 10.8 Å². The molecule has 1 N–H and O–H groups in total. The number of carbonyl (C=O) groups excluding carboxylic acids is 1. The Kier molecular flexibility index (Phi) is 5.74. The van der Waals surface area contributed by atoms with E-state index < -0.39 is 15.8 Å². The number of nitrogens with zero attached hydrogens (tertiary/aromatic N) is 1. The van der Waals surface area contributed by atoms with E-state index in [2.05, 4.69) is 18.6 Å². The summed E-state index contributed by atoms with van der Waals surface area (Å²) in [6.07, 6.45) is 1.90. The van der Waals surface area contributed by atoms with E-state index >= 15 is 0 Å². The highest BCUT2D eigenvalue weighted by Gasteiger charge is 2.25. The standard InChI is InChI=1S/C21H25FN2O3S/c1-14(2)10-11-24-19-7-6-18(13-16(19)4-9-21(24)25)23-28(26,27)20-8-5-17(22)12-15(20)3/h5-8,12-14,23H,4,9-11H2,1-3H3. The molecule has 3 rings (SSSR count). The molecule has 7 heteroatoms. The maximum atomic E-state index is 13.3. The number of anilines is 2. The maximum Gasteiger partial charge on any atom is 0.262 e. The number of carbonyl (C=O) groups is 1. The SMILES string of the molecule is Cc1cc(F)ccc1S(=O)(=O)Nc1ccc2c(c1)CCC(=O)N2CCC(C)C. The van der Waals surface area contributed by atoms with Crippen molar-refractivity contribution in [3.05, 3.63) is 53.3 Å². The molecule has 1 aliphatic heterocycles. The van der Waals surface area contributed by atoms with Crippen molar-refractivity contribution in [3.8, 4) is 0 Å². The van der Waals surface area contributed by atoms with Crippen molar-refractivity contribution >= 4 is 27.3 Å². The van der Waals surface area contributed by atoms with Crippen molar-refractivity contribution < 1.29 is 17.6 Å². The number of amides is 1. The summed E-state index contributed by atoms with van der Waals surface area (Å²) in [6.45, 7) is 6.45. The second-order valence-electron chi connectivity index (χ2n) is 7.59. The number of sulfonamides is 1. The van der Waals surface area contributed by atoms with Gasteiger partial charge in [-0.05, 0) is 73.2 Å². The molecule has 5 nitrogen and oxygen atoms in total. The van der Waals surface area contributed by atoms with Crippen LogP contribution in [0.5, 0.6) is 0 Å². The van der Waals surface area contributed by atoms with Crippen molar-refractivity contribution in [3.63, 3.8) is 0 Å². The number of hydrogen-bond donors (Lipinski definition) is 1. The summed E-state index contributed by atoms with van der Waals surface area (Å²) in [7, 11) is -3.83. The zero-order valence-electron chi connectivity index (χ0n) is 16.3. The minimum absolute atomic E-state index is 0.0420. The van der Waals surface area contributed by atoms with Crippen LogP contribution in [0.3, 0.4) is 0 Å². The number of fused-ring (bicyclic) bond motifs is 1. The van der Waals surface area contributed by atoms with Crippen LogP contribution in [-0.2, 0) is 21.2 Å². The lowest BCUT2D eigenvalue weighted by atomic mass is 9.99. The van der Waals surface area contributed by atoms with Crippen LogP contribution in [0.1, 0.15) is 37.8 Å². The molecule has 0 aliphatic carbocycles. The van der Waals surface area contributed by atoms with E-state index in [4.69, 9.17) is 0 Å². The van der Waals surface area contributed by atoms with E-state index in [1.807, 2.05) is 0 Å². The van der Waals surface area contributed by atoms with Crippen molar-refractivity contribution in [1.29, 1.82) is 0 Å². The predicted molar refractivity (Wildman–Crippen MR) is 109 cm³/mol. The molecule has 1 aliphatic rings. The number of halogens is 1. The normalized spacial score (nSPS) is 14.3. The van der Waals surface area contributed by atoms with Gasteiger partial charge in [-0.2, -0.15) is 0 Å². The summed E-state index contributed by atoms with van der Waals surface area (Å²) in [6, 6.07) is 8.82. The van der Waals surface area contributed by atoms with E-state index in [0.717, 1.165) is 23.7 Å². The first kappa shape index (κ1) is 20.3. The van der Waals surface area contributed by atoms with Gasteiger partial charge in [0.25, 0.3) is 10.0 Å². The smallest absolute Gasteiger partial charge is 0.262 e. The third-order valence-corrected chi connectivity index (χ3v) is 6.43. The average Bonchev–Trinajstić information content (AvgIpc) is 2.60. The van der Waals surface area contributed by atoms with Gasteiger partial charge in [-0.15, -0.1) is 0 Å². The third-order valence-electron chi connectivity index (χ3n) is 4.89. The van der Waals surface area contributed by atoms with E-state index in [9.17, 15) is 17.6 Å².